The third-order valence-electron chi connectivity index (χ3n) is 2.27. The molecule has 2 rings (SSSR count). The van der Waals surface area contributed by atoms with E-state index in [1.54, 1.807) is 6.20 Å². The van der Waals surface area contributed by atoms with Gasteiger partial charge in [0.15, 0.2) is 0 Å². The molecule has 0 saturated carbocycles. The molecule has 0 aromatic heterocycles. The van der Waals surface area contributed by atoms with E-state index in [-0.39, 0.29) is 18.5 Å². The molecule has 0 radical (unpaired) electrons. The van der Waals surface area contributed by atoms with Crippen LogP contribution in [0, 0.1) is 0 Å². The van der Waals surface area contributed by atoms with Gasteiger partial charge in [0, 0.05) is 6.20 Å². The average molecular weight is 203 g/mol. The smallest absolute Gasteiger partial charge is 0.238 e. The summed E-state index contributed by atoms with van der Waals surface area (Å²) in [6, 6.07) is 0.216. The summed E-state index contributed by atoms with van der Waals surface area (Å²) < 4.78 is 0. The first kappa shape index (κ1) is 9.73. The Kier molecular flexibility index (Phi) is 2.69. The van der Waals surface area contributed by atoms with E-state index in [0.29, 0.717) is 0 Å². The second-order valence-corrected chi connectivity index (χ2v) is 3.38. The molecule has 4 heteroatoms. The Morgan fingerprint density at radius 1 is 1.53 bits per heavy atom. The molecule has 4 nitrogen and oxygen atoms in total. The molecule has 1 heterocycles. The largest absolute Gasteiger partial charge is 0.379 e. The molecule has 0 aromatic carbocycles. The molecule has 4 N–H and O–H groups in total. The van der Waals surface area contributed by atoms with Gasteiger partial charge in [0.2, 0.25) is 5.91 Å². The number of amides is 1. The number of dihydropyridines is 1. The van der Waals surface area contributed by atoms with Crippen LogP contribution in [-0.2, 0) is 4.79 Å². The number of hydrogen-bond acceptors (Lipinski definition) is 3. The van der Waals surface area contributed by atoms with Crippen molar-refractivity contribution < 1.29 is 4.79 Å². The topological polar surface area (TPSA) is 67.2 Å². The molecule has 1 aliphatic carbocycles. The predicted octanol–water partition coefficient (Wildman–Crippen LogP) is -0.0731. The van der Waals surface area contributed by atoms with Gasteiger partial charge in [-0.3, -0.25) is 4.79 Å². The van der Waals surface area contributed by atoms with Crippen molar-refractivity contribution in [2.24, 2.45) is 5.73 Å². The maximum absolute atomic E-state index is 11.1. The monoisotopic (exact) mass is 203 g/mol. The van der Waals surface area contributed by atoms with Crippen LogP contribution in [0.15, 0.2) is 47.9 Å². The van der Waals surface area contributed by atoms with Gasteiger partial charge in [-0.15, -0.1) is 0 Å². The van der Waals surface area contributed by atoms with Crippen molar-refractivity contribution in [3.05, 3.63) is 47.9 Å². The molecule has 1 atom stereocenters. The van der Waals surface area contributed by atoms with E-state index in [1.165, 1.54) is 0 Å². The van der Waals surface area contributed by atoms with Gasteiger partial charge >= 0.3 is 0 Å². The normalized spacial score (nSPS) is 22.3. The minimum Gasteiger partial charge on any atom is -0.379 e. The summed E-state index contributed by atoms with van der Waals surface area (Å²) in [7, 11) is 0. The SMILES string of the molecule is NCC(=O)NC1=CNC2C=CC=CC2=C1. The van der Waals surface area contributed by atoms with Crippen LogP contribution >= 0.6 is 0 Å². The number of fused-ring (bicyclic) bond motifs is 1. The fourth-order valence-electron chi connectivity index (χ4n) is 1.53. The summed E-state index contributed by atoms with van der Waals surface area (Å²) >= 11 is 0. The highest BCUT2D eigenvalue weighted by molar-refractivity contribution is 5.80. The van der Waals surface area contributed by atoms with Crippen LogP contribution in [-0.4, -0.2) is 18.5 Å². The van der Waals surface area contributed by atoms with Gasteiger partial charge in [0.1, 0.15) is 0 Å². The maximum Gasteiger partial charge on any atom is 0.238 e. The molecule has 0 fully saturated rings. The highest BCUT2D eigenvalue weighted by atomic mass is 16.1. The molecule has 0 bridgehead atoms. The van der Waals surface area contributed by atoms with Crippen molar-refractivity contribution in [1.29, 1.82) is 0 Å². The number of allylic oxidation sites excluding steroid dienone is 3. The summed E-state index contributed by atoms with van der Waals surface area (Å²) in [5.74, 6) is -0.186. The van der Waals surface area contributed by atoms with Crippen LogP contribution in [0.2, 0.25) is 0 Å². The molecule has 15 heavy (non-hydrogen) atoms. The fraction of sp³-hybridized carbons (Fsp3) is 0.182. The van der Waals surface area contributed by atoms with Crippen LogP contribution < -0.4 is 16.4 Å². The Morgan fingerprint density at radius 3 is 3.20 bits per heavy atom. The van der Waals surface area contributed by atoms with Crippen molar-refractivity contribution in [2.75, 3.05) is 6.54 Å². The van der Waals surface area contributed by atoms with Crippen molar-refractivity contribution in [1.82, 2.24) is 10.6 Å². The Labute approximate surface area is 88.2 Å². The van der Waals surface area contributed by atoms with Gasteiger partial charge in [-0.2, -0.15) is 0 Å². The fourth-order valence-corrected chi connectivity index (χ4v) is 1.53. The van der Waals surface area contributed by atoms with Crippen LogP contribution in [0.5, 0.6) is 0 Å². The first-order chi connectivity index (χ1) is 7.29. The van der Waals surface area contributed by atoms with Crippen LogP contribution in [0.25, 0.3) is 0 Å². The highest BCUT2D eigenvalue weighted by Crippen LogP contribution is 2.16. The number of carbonyl (C=O) groups excluding carboxylic acids is 1. The van der Waals surface area contributed by atoms with Gasteiger partial charge in [-0.05, 0) is 11.6 Å². The van der Waals surface area contributed by atoms with E-state index in [4.69, 9.17) is 5.73 Å². The number of hydrogen-bond donors (Lipinski definition) is 3. The Balaban J connectivity index is 2.09. The lowest BCUT2D eigenvalue weighted by Crippen LogP contribution is -2.34. The molecule has 1 unspecified atom stereocenters. The van der Waals surface area contributed by atoms with E-state index in [0.717, 1.165) is 11.3 Å². The lowest BCUT2D eigenvalue weighted by molar-refractivity contribution is -0.118. The Bertz CT molecular complexity index is 391. The zero-order valence-electron chi connectivity index (χ0n) is 8.23. The third-order valence-corrected chi connectivity index (χ3v) is 2.27. The third kappa shape index (κ3) is 2.16. The van der Waals surface area contributed by atoms with Crippen molar-refractivity contribution >= 4 is 5.91 Å². The van der Waals surface area contributed by atoms with Crippen molar-refractivity contribution in [2.45, 2.75) is 6.04 Å². The molecular formula is C11H13N3O. The number of rotatable bonds is 2. The van der Waals surface area contributed by atoms with E-state index < -0.39 is 0 Å². The van der Waals surface area contributed by atoms with Crippen LogP contribution in [0.3, 0.4) is 0 Å². The molecule has 1 aliphatic heterocycles. The van der Waals surface area contributed by atoms with Crippen molar-refractivity contribution in [3.8, 4) is 0 Å². The summed E-state index contributed by atoms with van der Waals surface area (Å²) in [4.78, 5) is 11.1. The highest BCUT2D eigenvalue weighted by Gasteiger charge is 2.14. The number of nitrogens with one attached hydrogen (secondary N) is 2. The van der Waals surface area contributed by atoms with E-state index in [1.807, 2.05) is 24.3 Å². The molecule has 2 aliphatic rings. The number of carbonyl (C=O) groups is 1. The van der Waals surface area contributed by atoms with E-state index >= 15 is 0 Å². The first-order valence-corrected chi connectivity index (χ1v) is 4.82. The lowest BCUT2D eigenvalue weighted by Gasteiger charge is -2.23. The molecule has 0 aromatic rings. The number of nitrogens with two attached hydrogens (primary N) is 1. The molecule has 0 spiro atoms. The summed E-state index contributed by atoms with van der Waals surface area (Å²) in [6.07, 6.45) is 11.8. The second-order valence-electron chi connectivity index (χ2n) is 3.38. The molecule has 1 amide bonds. The standard InChI is InChI=1S/C11H13N3O/c12-6-11(15)14-9-5-8-3-1-2-4-10(8)13-7-9/h1-5,7,10,13H,6,12H2,(H,14,15). The summed E-state index contributed by atoms with van der Waals surface area (Å²) in [6.45, 7) is -0.000314. The van der Waals surface area contributed by atoms with Gasteiger partial charge < -0.3 is 16.4 Å². The van der Waals surface area contributed by atoms with Gasteiger partial charge in [-0.25, -0.2) is 0 Å². The molecule has 0 saturated heterocycles. The summed E-state index contributed by atoms with van der Waals surface area (Å²) in [5.41, 5.74) is 7.09. The minimum atomic E-state index is -0.186. The van der Waals surface area contributed by atoms with Crippen LogP contribution in [0.1, 0.15) is 0 Å². The Hall–Kier alpha value is -1.81. The first-order valence-electron chi connectivity index (χ1n) is 4.82. The van der Waals surface area contributed by atoms with Gasteiger partial charge in [-0.1, -0.05) is 24.3 Å². The molecule has 78 valence electrons. The van der Waals surface area contributed by atoms with Crippen LogP contribution in [0.4, 0.5) is 0 Å². The molecular weight excluding hydrogens is 190 g/mol. The van der Waals surface area contributed by atoms with E-state index in [2.05, 4.69) is 16.7 Å². The average Bonchev–Trinajstić information content (AvgIpc) is 2.29. The van der Waals surface area contributed by atoms with E-state index in [9.17, 15) is 4.79 Å². The zero-order chi connectivity index (χ0) is 10.7. The van der Waals surface area contributed by atoms with Gasteiger partial charge in [0.05, 0.1) is 18.3 Å². The second kappa shape index (κ2) is 4.14. The summed E-state index contributed by atoms with van der Waals surface area (Å²) in [5, 5.41) is 5.88. The zero-order valence-corrected chi connectivity index (χ0v) is 8.23. The Morgan fingerprint density at radius 2 is 2.40 bits per heavy atom. The quantitative estimate of drug-likeness (QED) is 0.588. The van der Waals surface area contributed by atoms with Gasteiger partial charge in [0.25, 0.3) is 0 Å². The van der Waals surface area contributed by atoms with Crippen molar-refractivity contribution in [3.63, 3.8) is 0 Å². The predicted molar refractivity (Wildman–Crippen MR) is 58.6 cm³/mol. The minimum absolute atomic E-state index is 0.000314. The lowest BCUT2D eigenvalue weighted by atomic mass is 9.99. The maximum atomic E-state index is 11.1.